The van der Waals surface area contributed by atoms with Gasteiger partial charge in [0.25, 0.3) is 0 Å². The summed E-state index contributed by atoms with van der Waals surface area (Å²) in [4.78, 5) is 27.7. The molecule has 0 saturated carbocycles. The van der Waals surface area contributed by atoms with Gasteiger partial charge in [0.15, 0.2) is 0 Å². The zero-order valence-electron chi connectivity index (χ0n) is 25.2. The zero-order chi connectivity index (χ0) is 29.7. The first-order valence-corrected chi connectivity index (χ1v) is 13.4. The predicted octanol–water partition coefficient (Wildman–Crippen LogP) is 6.46. The summed E-state index contributed by atoms with van der Waals surface area (Å²) in [5, 5.41) is 10.9. The minimum Gasteiger partial charge on any atom is -0.481 e. The molecule has 1 aliphatic rings. The Labute approximate surface area is 234 Å². The molecule has 1 N–H and O–H groups in total. The zero-order valence-corrected chi connectivity index (χ0v) is 25.2. The number of aryl methyl sites for hydroxylation is 2. The number of carboxylic acids is 1. The number of hydrogen-bond acceptors (Lipinski definition) is 3. The number of aliphatic carboxylic acids is 1. The lowest BCUT2D eigenvalue weighted by molar-refractivity contribution is -0.136. The molecule has 0 fully saturated rings. The third kappa shape index (κ3) is 7.66. The van der Waals surface area contributed by atoms with E-state index in [0.717, 1.165) is 46.4 Å². The quantitative estimate of drug-likeness (QED) is 0.371. The van der Waals surface area contributed by atoms with Crippen molar-refractivity contribution in [1.29, 1.82) is 0 Å². The standard InChI is InChI=1S/C26H31N3O3.C5H12.C2H2/c1-16-6-8-20(9-7-16)24-21(15-23(31)32)18(3)25-26-22(24)14-17(2)29(26)13-12-28(25)11-10-27(5)19(4)30;1-5(2,3)4;1-2/h6-9,14H,10-13,15H2,1-5H3,(H,31,32);1-4H3;1-2H. The van der Waals surface area contributed by atoms with Gasteiger partial charge in [-0.15, -0.1) is 12.8 Å². The second-order valence-electron chi connectivity index (χ2n) is 11.9. The van der Waals surface area contributed by atoms with Crippen molar-refractivity contribution in [3.8, 4) is 24.0 Å². The van der Waals surface area contributed by atoms with E-state index in [1.54, 1.807) is 11.8 Å². The summed E-state index contributed by atoms with van der Waals surface area (Å²) >= 11 is 0. The van der Waals surface area contributed by atoms with Gasteiger partial charge in [-0.2, -0.15) is 0 Å². The summed E-state index contributed by atoms with van der Waals surface area (Å²) in [6.45, 7) is 19.6. The van der Waals surface area contributed by atoms with Crippen LogP contribution >= 0.6 is 0 Å². The third-order valence-corrected chi connectivity index (χ3v) is 6.73. The lowest BCUT2D eigenvalue weighted by atomic mass is 9.88. The summed E-state index contributed by atoms with van der Waals surface area (Å²) < 4.78 is 2.35. The summed E-state index contributed by atoms with van der Waals surface area (Å²) in [6, 6.07) is 10.5. The molecule has 0 bridgehead atoms. The predicted molar refractivity (Wildman–Crippen MR) is 163 cm³/mol. The van der Waals surface area contributed by atoms with E-state index in [-0.39, 0.29) is 12.3 Å². The fourth-order valence-corrected chi connectivity index (χ4v) is 4.87. The average Bonchev–Trinajstić information content (AvgIpc) is 3.18. The van der Waals surface area contributed by atoms with Crippen LogP contribution in [0.25, 0.3) is 22.0 Å². The van der Waals surface area contributed by atoms with E-state index in [1.807, 2.05) is 14.0 Å². The number of likely N-dealkylation sites (N-methyl/N-ethyl adjacent to an activating group) is 1. The first-order valence-electron chi connectivity index (χ1n) is 13.4. The van der Waals surface area contributed by atoms with Gasteiger partial charge in [0, 0.05) is 51.2 Å². The molecule has 1 amide bonds. The van der Waals surface area contributed by atoms with Crippen LogP contribution in [-0.2, 0) is 22.6 Å². The molecule has 0 spiro atoms. The molecule has 2 heterocycles. The number of carboxylic acid groups (broad SMARTS) is 1. The number of nitrogens with zero attached hydrogens (tertiary/aromatic N) is 3. The molecule has 0 radical (unpaired) electrons. The highest BCUT2D eigenvalue weighted by atomic mass is 16.4. The van der Waals surface area contributed by atoms with Gasteiger partial charge in [-0.05, 0) is 54.5 Å². The third-order valence-electron chi connectivity index (χ3n) is 6.73. The van der Waals surface area contributed by atoms with Gasteiger partial charge >= 0.3 is 5.97 Å². The molecule has 0 aliphatic carbocycles. The van der Waals surface area contributed by atoms with Gasteiger partial charge in [-0.25, -0.2) is 0 Å². The highest BCUT2D eigenvalue weighted by Crippen LogP contribution is 2.44. The van der Waals surface area contributed by atoms with Crippen LogP contribution < -0.4 is 4.90 Å². The lowest BCUT2D eigenvalue weighted by Crippen LogP contribution is -2.39. The molecule has 0 atom stereocenters. The molecule has 1 aromatic heterocycles. The molecule has 3 aromatic rings. The highest BCUT2D eigenvalue weighted by Gasteiger charge is 2.28. The number of aromatic nitrogens is 1. The van der Waals surface area contributed by atoms with Crippen LogP contribution in [0.15, 0.2) is 30.3 Å². The Balaban J connectivity index is 0.000000686. The minimum atomic E-state index is -0.831. The van der Waals surface area contributed by atoms with Crippen LogP contribution in [0.1, 0.15) is 57.0 Å². The molecular weight excluding hydrogens is 486 g/mol. The molecule has 0 unspecified atom stereocenters. The van der Waals surface area contributed by atoms with E-state index >= 15 is 0 Å². The Morgan fingerprint density at radius 1 is 1.03 bits per heavy atom. The first-order chi connectivity index (χ1) is 18.2. The Morgan fingerprint density at radius 2 is 1.59 bits per heavy atom. The maximum Gasteiger partial charge on any atom is 0.307 e. The van der Waals surface area contributed by atoms with Crippen molar-refractivity contribution in [2.24, 2.45) is 5.41 Å². The molecular formula is C33H45N3O3. The largest absolute Gasteiger partial charge is 0.481 e. The van der Waals surface area contributed by atoms with Crippen LogP contribution in [-0.4, -0.2) is 53.1 Å². The van der Waals surface area contributed by atoms with Gasteiger partial charge in [0.05, 0.1) is 17.6 Å². The number of anilines is 1. The van der Waals surface area contributed by atoms with Crippen molar-refractivity contribution in [2.75, 3.05) is 31.6 Å². The number of carbonyl (C=O) groups is 2. The van der Waals surface area contributed by atoms with E-state index in [0.29, 0.717) is 18.5 Å². The number of rotatable bonds is 6. The van der Waals surface area contributed by atoms with E-state index in [9.17, 15) is 14.7 Å². The SMILES string of the molecule is C#C.CC(=O)N(C)CCN1CCn2c(C)cc3c(-c4ccc(C)cc4)c(CC(=O)O)c(C)c1c32.CC(C)(C)C. The molecule has 0 saturated heterocycles. The van der Waals surface area contributed by atoms with Crippen LogP contribution in [0.3, 0.4) is 0 Å². The molecule has 6 nitrogen and oxygen atoms in total. The Bertz CT molecular complexity index is 1330. The molecule has 6 heteroatoms. The van der Waals surface area contributed by atoms with Crippen molar-refractivity contribution in [3.05, 3.63) is 52.7 Å². The molecule has 4 rings (SSSR count). The second-order valence-corrected chi connectivity index (χ2v) is 11.9. The number of carbonyl (C=O) groups excluding carboxylic acids is 1. The molecule has 39 heavy (non-hydrogen) atoms. The topological polar surface area (TPSA) is 65.8 Å². The van der Waals surface area contributed by atoms with E-state index in [2.05, 4.69) is 94.2 Å². The van der Waals surface area contributed by atoms with Gasteiger partial charge in [0.1, 0.15) is 0 Å². The highest BCUT2D eigenvalue weighted by molar-refractivity contribution is 6.07. The number of hydrogen-bond donors (Lipinski definition) is 1. The molecule has 2 aromatic carbocycles. The number of amides is 1. The summed E-state index contributed by atoms with van der Waals surface area (Å²) in [7, 11) is 1.82. The molecule has 1 aliphatic heterocycles. The summed E-state index contributed by atoms with van der Waals surface area (Å²) in [5.41, 5.74) is 9.08. The maximum absolute atomic E-state index is 11.9. The monoisotopic (exact) mass is 531 g/mol. The van der Waals surface area contributed by atoms with Gasteiger partial charge in [-0.3, -0.25) is 9.59 Å². The summed E-state index contributed by atoms with van der Waals surface area (Å²) in [6.07, 6.45) is 7.98. The average molecular weight is 532 g/mol. The van der Waals surface area contributed by atoms with Gasteiger partial charge in [0.2, 0.25) is 5.91 Å². The summed E-state index contributed by atoms with van der Waals surface area (Å²) in [5.74, 6) is -0.785. The Hall–Kier alpha value is -3.72. The smallest absolute Gasteiger partial charge is 0.307 e. The van der Waals surface area contributed by atoms with Crippen molar-refractivity contribution < 1.29 is 14.7 Å². The Morgan fingerprint density at radius 3 is 2.10 bits per heavy atom. The number of benzene rings is 2. The normalized spacial score (nSPS) is 12.2. The Kier molecular flexibility index (Phi) is 10.4. The van der Waals surface area contributed by atoms with Crippen LogP contribution in [0, 0.1) is 39.0 Å². The first kappa shape index (κ1) is 31.5. The van der Waals surface area contributed by atoms with Crippen molar-refractivity contribution in [1.82, 2.24) is 9.47 Å². The van der Waals surface area contributed by atoms with E-state index in [1.165, 1.54) is 16.8 Å². The lowest BCUT2D eigenvalue weighted by Gasteiger charge is -2.35. The van der Waals surface area contributed by atoms with Crippen molar-refractivity contribution in [2.45, 2.75) is 68.4 Å². The minimum absolute atomic E-state index is 0.0244. The fourth-order valence-electron chi connectivity index (χ4n) is 4.87. The van der Waals surface area contributed by atoms with Crippen molar-refractivity contribution in [3.63, 3.8) is 0 Å². The van der Waals surface area contributed by atoms with Gasteiger partial charge < -0.3 is 19.5 Å². The van der Waals surface area contributed by atoms with Crippen LogP contribution in [0.4, 0.5) is 5.69 Å². The van der Waals surface area contributed by atoms with Crippen LogP contribution in [0.2, 0.25) is 0 Å². The van der Waals surface area contributed by atoms with Gasteiger partial charge in [-0.1, -0.05) is 57.5 Å². The van der Waals surface area contributed by atoms with Crippen LogP contribution in [0.5, 0.6) is 0 Å². The number of terminal acetylenes is 1. The maximum atomic E-state index is 11.9. The second kappa shape index (κ2) is 12.9. The van der Waals surface area contributed by atoms with E-state index in [4.69, 9.17) is 0 Å². The van der Waals surface area contributed by atoms with E-state index < -0.39 is 5.97 Å². The molecule has 210 valence electrons. The van der Waals surface area contributed by atoms with Crippen molar-refractivity contribution >= 4 is 28.5 Å². The fraction of sp³-hybridized carbons (Fsp3) is 0.455.